The van der Waals surface area contributed by atoms with E-state index in [1.807, 2.05) is 0 Å². The molecule has 2 rings (SSSR count). The number of rotatable bonds is 3. The number of likely N-dealkylation sites (tertiary alicyclic amines) is 1. The number of carbonyl (C=O) groups is 2. The molecular formula is C13H15Cl2N3O2. The third-order valence-corrected chi connectivity index (χ3v) is 3.68. The van der Waals surface area contributed by atoms with Crippen molar-refractivity contribution >= 4 is 35.0 Å². The van der Waals surface area contributed by atoms with Crippen LogP contribution in [0.15, 0.2) is 12.3 Å². The molecule has 0 aliphatic carbocycles. The molecule has 108 valence electrons. The molecule has 1 aliphatic heterocycles. The van der Waals surface area contributed by atoms with Gasteiger partial charge in [-0.3, -0.25) is 9.59 Å². The first-order valence-corrected chi connectivity index (χ1v) is 7.20. The second-order valence-corrected chi connectivity index (χ2v) is 5.41. The number of halogens is 2. The molecule has 5 nitrogen and oxygen atoms in total. The number of hydrogen-bond acceptors (Lipinski definition) is 3. The predicted octanol–water partition coefficient (Wildman–Crippen LogP) is 2.13. The van der Waals surface area contributed by atoms with E-state index < -0.39 is 5.91 Å². The smallest absolute Gasteiger partial charge is 0.253 e. The molecule has 0 radical (unpaired) electrons. The van der Waals surface area contributed by atoms with Crippen molar-refractivity contribution in [2.75, 3.05) is 19.6 Å². The SMILES string of the molecule is O=C(NCC(=O)N1CCCCC1)c1cc(Cl)ncc1Cl. The van der Waals surface area contributed by atoms with E-state index in [4.69, 9.17) is 23.2 Å². The summed E-state index contributed by atoms with van der Waals surface area (Å²) in [6.07, 6.45) is 4.50. The lowest BCUT2D eigenvalue weighted by Crippen LogP contribution is -2.42. The molecule has 1 saturated heterocycles. The number of nitrogens with one attached hydrogen (secondary N) is 1. The second-order valence-electron chi connectivity index (χ2n) is 4.61. The van der Waals surface area contributed by atoms with Gasteiger partial charge in [-0.25, -0.2) is 4.98 Å². The monoisotopic (exact) mass is 315 g/mol. The molecule has 1 aromatic rings. The minimum absolute atomic E-state index is 0.0326. The first-order chi connectivity index (χ1) is 9.58. The Balaban J connectivity index is 1.91. The Labute approximate surface area is 127 Å². The number of pyridine rings is 1. The van der Waals surface area contributed by atoms with Gasteiger partial charge < -0.3 is 10.2 Å². The number of aromatic nitrogens is 1. The van der Waals surface area contributed by atoms with Gasteiger partial charge in [-0.2, -0.15) is 0 Å². The van der Waals surface area contributed by atoms with Gasteiger partial charge in [-0.1, -0.05) is 23.2 Å². The standard InChI is InChI=1S/C13H15Cl2N3O2/c14-10-7-16-11(15)6-9(10)13(20)17-8-12(19)18-4-2-1-3-5-18/h6-7H,1-5,8H2,(H,17,20). The Morgan fingerprint density at radius 2 is 1.95 bits per heavy atom. The minimum Gasteiger partial charge on any atom is -0.343 e. The first kappa shape index (κ1) is 15.1. The molecule has 20 heavy (non-hydrogen) atoms. The highest BCUT2D eigenvalue weighted by molar-refractivity contribution is 6.35. The summed E-state index contributed by atoms with van der Waals surface area (Å²) < 4.78 is 0. The highest BCUT2D eigenvalue weighted by Crippen LogP contribution is 2.17. The van der Waals surface area contributed by atoms with Crippen LogP contribution in [-0.2, 0) is 4.79 Å². The molecule has 0 atom stereocenters. The molecule has 7 heteroatoms. The number of carbonyl (C=O) groups excluding carboxylic acids is 2. The van der Waals surface area contributed by atoms with Crippen LogP contribution >= 0.6 is 23.2 Å². The zero-order chi connectivity index (χ0) is 14.5. The van der Waals surface area contributed by atoms with Crippen LogP contribution in [0.3, 0.4) is 0 Å². The fourth-order valence-corrected chi connectivity index (χ4v) is 2.44. The fraction of sp³-hybridized carbons (Fsp3) is 0.462. The molecule has 1 N–H and O–H groups in total. The van der Waals surface area contributed by atoms with Crippen molar-refractivity contribution in [2.24, 2.45) is 0 Å². The summed E-state index contributed by atoms with van der Waals surface area (Å²) in [6.45, 7) is 1.49. The maximum atomic E-state index is 12.0. The van der Waals surface area contributed by atoms with Crippen LogP contribution in [0.25, 0.3) is 0 Å². The van der Waals surface area contributed by atoms with Gasteiger partial charge >= 0.3 is 0 Å². The summed E-state index contributed by atoms with van der Waals surface area (Å²) in [5, 5.41) is 2.95. The Morgan fingerprint density at radius 3 is 2.65 bits per heavy atom. The van der Waals surface area contributed by atoms with Gasteiger partial charge in [0, 0.05) is 19.3 Å². The largest absolute Gasteiger partial charge is 0.343 e. The van der Waals surface area contributed by atoms with E-state index in [1.165, 1.54) is 12.3 Å². The third-order valence-electron chi connectivity index (χ3n) is 3.18. The second kappa shape index (κ2) is 6.90. The Bertz CT molecular complexity index is 516. The van der Waals surface area contributed by atoms with Crippen molar-refractivity contribution in [3.63, 3.8) is 0 Å². The lowest BCUT2D eigenvalue weighted by atomic mass is 10.1. The lowest BCUT2D eigenvalue weighted by molar-refractivity contribution is -0.130. The Morgan fingerprint density at radius 1 is 1.25 bits per heavy atom. The lowest BCUT2D eigenvalue weighted by Gasteiger charge is -2.26. The Hall–Kier alpha value is -1.33. The average Bonchev–Trinajstić information content (AvgIpc) is 2.47. The normalized spacial score (nSPS) is 15.0. The van der Waals surface area contributed by atoms with Gasteiger partial charge in [0.15, 0.2) is 0 Å². The average molecular weight is 316 g/mol. The van der Waals surface area contributed by atoms with Gasteiger partial charge in [0.1, 0.15) is 5.15 Å². The molecule has 2 heterocycles. The third kappa shape index (κ3) is 3.84. The van der Waals surface area contributed by atoms with Crippen LogP contribution < -0.4 is 5.32 Å². The van der Waals surface area contributed by atoms with Crippen LogP contribution in [0, 0.1) is 0 Å². The van der Waals surface area contributed by atoms with E-state index in [2.05, 4.69) is 10.3 Å². The van der Waals surface area contributed by atoms with E-state index in [0.29, 0.717) is 0 Å². The van der Waals surface area contributed by atoms with Crippen molar-refractivity contribution < 1.29 is 9.59 Å². The maximum Gasteiger partial charge on any atom is 0.253 e. The van der Waals surface area contributed by atoms with E-state index in [0.717, 1.165) is 32.4 Å². The van der Waals surface area contributed by atoms with Crippen LogP contribution in [0.5, 0.6) is 0 Å². The summed E-state index contributed by atoms with van der Waals surface area (Å²) in [4.78, 5) is 29.4. The van der Waals surface area contributed by atoms with Crippen LogP contribution in [0.4, 0.5) is 0 Å². The molecule has 1 aromatic heterocycles. The molecule has 0 spiro atoms. The first-order valence-electron chi connectivity index (χ1n) is 6.45. The van der Waals surface area contributed by atoms with Crippen molar-refractivity contribution in [2.45, 2.75) is 19.3 Å². The molecular weight excluding hydrogens is 301 g/mol. The maximum absolute atomic E-state index is 12.0. The number of nitrogens with zero attached hydrogens (tertiary/aromatic N) is 2. The zero-order valence-corrected chi connectivity index (χ0v) is 12.4. The quantitative estimate of drug-likeness (QED) is 0.869. The number of piperidine rings is 1. The molecule has 1 aliphatic rings. The molecule has 0 bridgehead atoms. The van der Waals surface area contributed by atoms with Crippen molar-refractivity contribution in [3.8, 4) is 0 Å². The van der Waals surface area contributed by atoms with Crippen LogP contribution in [-0.4, -0.2) is 41.3 Å². The molecule has 0 aromatic carbocycles. The predicted molar refractivity (Wildman–Crippen MR) is 77.0 cm³/mol. The summed E-state index contributed by atoms with van der Waals surface area (Å²) in [5.74, 6) is -0.501. The fourth-order valence-electron chi connectivity index (χ4n) is 2.09. The molecule has 2 amide bonds. The van der Waals surface area contributed by atoms with E-state index >= 15 is 0 Å². The van der Waals surface area contributed by atoms with Crippen molar-refractivity contribution in [1.82, 2.24) is 15.2 Å². The van der Waals surface area contributed by atoms with Crippen molar-refractivity contribution in [3.05, 3.63) is 28.0 Å². The highest BCUT2D eigenvalue weighted by Gasteiger charge is 2.18. The molecule has 0 saturated carbocycles. The van der Waals surface area contributed by atoms with Crippen LogP contribution in [0.2, 0.25) is 10.2 Å². The topological polar surface area (TPSA) is 62.3 Å². The van der Waals surface area contributed by atoms with E-state index in [1.54, 1.807) is 4.90 Å². The Kier molecular flexibility index (Phi) is 5.20. The van der Waals surface area contributed by atoms with E-state index in [9.17, 15) is 9.59 Å². The molecule has 0 unspecified atom stereocenters. The summed E-state index contributed by atoms with van der Waals surface area (Å²) >= 11 is 11.6. The van der Waals surface area contributed by atoms with Crippen molar-refractivity contribution in [1.29, 1.82) is 0 Å². The minimum atomic E-state index is -0.426. The van der Waals surface area contributed by atoms with Gasteiger partial charge in [0.05, 0.1) is 17.1 Å². The summed E-state index contributed by atoms with van der Waals surface area (Å²) in [6, 6.07) is 1.38. The molecule has 1 fully saturated rings. The highest BCUT2D eigenvalue weighted by atomic mass is 35.5. The number of hydrogen-bond donors (Lipinski definition) is 1. The van der Waals surface area contributed by atoms with Gasteiger partial charge in [-0.05, 0) is 25.3 Å². The zero-order valence-electron chi connectivity index (χ0n) is 10.9. The summed E-state index contributed by atoms with van der Waals surface area (Å²) in [5.41, 5.74) is 0.220. The van der Waals surface area contributed by atoms with Crippen LogP contribution in [0.1, 0.15) is 29.6 Å². The van der Waals surface area contributed by atoms with Gasteiger partial charge in [0.25, 0.3) is 5.91 Å². The van der Waals surface area contributed by atoms with Gasteiger partial charge in [0.2, 0.25) is 5.91 Å². The number of amides is 2. The summed E-state index contributed by atoms with van der Waals surface area (Å²) in [7, 11) is 0. The van der Waals surface area contributed by atoms with E-state index in [-0.39, 0.29) is 28.2 Å². The van der Waals surface area contributed by atoms with Gasteiger partial charge in [-0.15, -0.1) is 0 Å².